The zero-order chi connectivity index (χ0) is 19.5. The van der Waals surface area contributed by atoms with Crippen LogP contribution in [0.3, 0.4) is 0 Å². The van der Waals surface area contributed by atoms with Crippen molar-refractivity contribution in [3.63, 3.8) is 0 Å². The Morgan fingerprint density at radius 3 is 2.86 bits per heavy atom. The average molecular weight is 385 g/mol. The number of nitrogens with one attached hydrogen (secondary N) is 2. The summed E-state index contributed by atoms with van der Waals surface area (Å²) >= 11 is 0. The van der Waals surface area contributed by atoms with Crippen LogP contribution < -0.4 is 15.5 Å². The molecule has 0 unspecified atom stereocenters. The first-order valence-electron chi connectivity index (χ1n) is 10.0. The number of imide groups is 1. The predicted octanol–water partition coefficient (Wildman–Crippen LogP) is 1.72. The minimum atomic E-state index is -0.406. The molecule has 0 bridgehead atoms. The summed E-state index contributed by atoms with van der Waals surface area (Å²) < 4.78 is 7.85. The average Bonchev–Trinajstić information content (AvgIpc) is 3.03. The number of anilines is 1. The number of hydrogen-bond acceptors (Lipinski definition) is 5. The summed E-state index contributed by atoms with van der Waals surface area (Å²) in [5.41, 5.74) is 2.23. The lowest BCUT2D eigenvalue weighted by Crippen LogP contribution is -2.49. The number of piperidine rings is 1. The fourth-order valence-electron chi connectivity index (χ4n) is 4.04. The van der Waals surface area contributed by atoms with Gasteiger partial charge in [0.15, 0.2) is 5.82 Å². The van der Waals surface area contributed by atoms with E-state index in [4.69, 9.17) is 4.74 Å². The molecular formula is C20H27N5O3. The van der Waals surface area contributed by atoms with Crippen LogP contribution in [-0.2, 0) is 23.0 Å². The largest absolute Gasteiger partial charge is 0.378 e. The number of carbonyl (C=O) groups is 2. The summed E-state index contributed by atoms with van der Waals surface area (Å²) in [6.07, 6.45) is 4.68. The fraction of sp³-hybridized carbons (Fsp3) is 0.550. The molecule has 4 rings (SSSR count). The minimum Gasteiger partial charge on any atom is -0.378 e. The van der Waals surface area contributed by atoms with Crippen LogP contribution in [0.15, 0.2) is 18.2 Å². The Kier molecular flexibility index (Phi) is 5.59. The van der Waals surface area contributed by atoms with Crippen molar-refractivity contribution in [3.05, 3.63) is 23.8 Å². The molecule has 2 saturated heterocycles. The Balaban J connectivity index is 1.47. The van der Waals surface area contributed by atoms with E-state index in [-0.39, 0.29) is 12.3 Å². The van der Waals surface area contributed by atoms with E-state index in [9.17, 15) is 9.59 Å². The summed E-state index contributed by atoms with van der Waals surface area (Å²) in [4.78, 5) is 25.2. The second-order valence-corrected chi connectivity index (χ2v) is 7.44. The van der Waals surface area contributed by atoms with E-state index in [1.807, 2.05) is 23.9 Å². The van der Waals surface area contributed by atoms with Crippen LogP contribution in [0.1, 0.15) is 31.2 Å². The Morgan fingerprint density at radius 2 is 2.07 bits per heavy atom. The number of urea groups is 1. The number of hydrogen-bond donors (Lipinski definition) is 2. The number of para-hydroxylation sites is 1. The topological polar surface area (TPSA) is 88.5 Å². The van der Waals surface area contributed by atoms with Crippen LogP contribution >= 0.6 is 0 Å². The zero-order valence-electron chi connectivity index (χ0n) is 16.2. The van der Waals surface area contributed by atoms with E-state index in [2.05, 4.69) is 21.8 Å². The normalized spacial score (nSPS) is 18.7. The van der Waals surface area contributed by atoms with Gasteiger partial charge in [-0.25, -0.2) is 4.79 Å². The Labute approximate surface area is 164 Å². The summed E-state index contributed by atoms with van der Waals surface area (Å²) in [5, 5.41) is 11.2. The standard InChI is InChI=1S/C20H27N5O3/c1-24-18-14(5-3-13-28-15-7-10-21-11-8-15)4-2-6-16(18)19(23-24)25-12-9-17(26)22-20(25)27/h2,4,6,15,21H,3,5,7-13H2,1H3,(H,22,26,27). The highest BCUT2D eigenvalue weighted by atomic mass is 16.5. The number of nitrogens with zero attached hydrogens (tertiary/aromatic N) is 3. The quantitative estimate of drug-likeness (QED) is 0.739. The summed E-state index contributed by atoms with van der Waals surface area (Å²) in [5.74, 6) is 0.367. The third-order valence-corrected chi connectivity index (χ3v) is 5.47. The molecule has 2 N–H and O–H groups in total. The summed E-state index contributed by atoms with van der Waals surface area (Å²) in [7, 11) is 1.90. The van der Waals surface area contributed by atoms with Gasteiger partial charge in [0.05, 0.1) is 11.6 Å². The van der Waals surface area contributed by atoms with E-state index >= 15 is 0 Å². The molecule has 0 aliphatic carbocycles. The van der Waals surface area contributed by atoms with Gasteiger partial charge in [-0.05, 0) is 50.4 Å². The number of aryl methyl sites for hydroxylation is 2. The molecule has 2 aromatic rings. The number of rotatable bonds is 6. The van der Waals surface area contributed by atoms with Crippen molar-refractivity contribution in [3.8, 4) is 0 Å². The Hall–Kier alpha value is -2.45. The number of ether oxygens (including phenoxy) is 1. The lowest BCUT2D eigenvalue weighted by atomic mass is 10.1. The van der Waals surface area contributed by atoms with Gasteiger partial charge < -0.3 is 10.1 Å². The van der Waals surface area contributed by atoms with Gasteiger partial charge in [0.1, 0.15) is 0 Å². The van der Waals surface area contributed by atoms with Crippen LogP contribution in [0, 0.1) is 0 Å². The van der Waals surface area contributed by atoms with Crippen LogP contribution in [-0.4, -0.2) is 54.1 Å². The predicted molar refractivity (Wildman–Crippen MR) is 106 cm³/mol. The molecule has 0 spiro atoms. The summed E-state index contributed by atoms with van der Waals surface area (Å²) in [6.45, 7) is 3.18. The van der Waals surface area contributed by atoms with Crippen molar-refractivity contribution in [2.45, 2.75) is 38.2 Å². The highest BCUT2D eigenvalue weighted by Gasteiger charge is 2.28. The molecule has 2 fully saturated rings. The maximum Gasteiger partial charge on any atom is 0.329 e. The van der Waals surface area contributed by atoms with E-state index in [1.165, 1.54) is 5.56 Å². The number of amides is 3. The van der Waals surface area contributed by atoms with Gasteiger partial charge in [-0.3, -0.25) is 19.7 Å². The van der Waals surface area contributed by atoms with Gasteiger partial charge >= 0.3 is 6.03 Å². The van der Waals surface area contributed by atoms with Gasteiger partial charge in [0, 0.05) is 32.0 Å². The van der Waals surface area contributed by atoms with Crippen molar-refractivity contribution >= 4 is 28.7 Å². The Bertz CT molecular complexity index is 872. The van der Waals surface area contributed by atoms with E-state index < -0.39 is 6.03 Å². The third kappa shape index (κ3) is 3.88. The molecule has 1 aromatic heterocycles. The molecule has 2 aliphatic heterocycles. The van der Waals surface area contributed by atoms with E-state index in [0.717, 1.165) is 56.3 Å². The summed E-state index contributed by atoms with van der Waals surface area (Å²) in [6, 6.07) is 5.69. The smallest absolute Gasteiger partial charge is 0.329 e. The second-order valence-electron chi connectivity index (χ2n) is 7.44. The molecule has 0 radical (unpaired) electrons. The van der Waals surface area contributed by atoms with Crippen molar-refractivity contribution in [2.24, 2.45) is 7.05 Å². The molecule has 1 aromatic carbocycles. The molecule has 3 heterocycles. The number of fused-ring (bicyclic) bond motifs is 1. The minimum absolute atomic E-state index is 0.240. The van der Waals surface area contributed by atoms with E-state index in [0.29, 0.717) is 18.5 Å². The third-order valence-electron chi connectivity index (χ3n) is 5.47. The maximum atomic E-state index is 12.2. The number of benzene rings is 1. The molecule has 150 valence electrons. The fourth-order valence-corrected chi connectivity index (χ4v) is 4.04. The van der Waals surface area contributed by atoms with Gasteiger partial charge in [0.25, 0.3) is 0 Å². The van der Waals surface area contributed by atoms with Gasteiger partial charge in [-0.15, -0.1) is 0 Å². The molecular weight excluding hydrogens is 358 g/mol. The van der Waals surface area contributed by atoms with Gasteiger partial charge in [0.2, 0.25) is 5.91 Å². The van der Waals surface area contributed by atoms with Crippen LogP contribution in [0.5, 0.6) is 0 Å². The van der Waals surface area contributed by atoms with Crippen molar-refractivity contribution < 1.29 is 14.3 Å². The highest BCUT2D eigenvalue weighted by Crippen LogP contribution is 2.29. The molecule has 0 atom stereocenters. The molecule has 8 heteroatoms. The van der Waals surface area contributed by atoms with Crippen molar-refractivity contribution in [1.82, 2.24) is 20.4 Å². The highest BCUT2D eigenvalue weighted by molar-refractivity contribution is 6.09. The van der Waals surface area contributed by atoms with Gasteiger partial charge in [-0.2, -0.15) is 5.10 Å². The zero-order valence-corrected chi connectivity index (χ0v) is 16.2. The first kappa shape index (κ1) is 18.9. The first-order chi connectivity index (χ1) is 13.6. The molecule has 28 heavy (non-hydrogen) atoms. The monoisotopic (exact) mass is 385 g/mol. The number of aromatic nitrogens is 2. The second kappa shape index (κ2) is 8.28. The molecule has 2 aliphatic rings. The van der Waals surface area contributed by atoms with Crippen LogP contribution in [0.2, 0.25) is 0 Å². The van der Waals surface area contributed by atoms with Crippen LogP contribution in [0.4, 0.5) is 10.6 Å². The van der Waals surface area contributed by atoms with E-state index in [1.54, 1.807) is 4.90 Å². The van der Waals surface area contributed by atoms with Crippen LogP contribution in [0.25, 0.3) is 10.9 Å². The van der Waals surface area contributed by atoms with Gasteiger partial charge in [-0.1, -0.05) is 12.1 Å². The SMILES string of the molecule is Cn1nc(N2CCC(=O)NC2=O)c2cccc(CCCOC3CCNCC3)c21. The Morgan fingerprint density at radius 1 is 1.25 bits per heavy atom. The first-order valence-corrected chi connectivity index (χ1v) is 10.0. The lowest BCUT2D eigenvalue weighted by molar-refractivity contribution is -0.120. The molecule has 3 amide bonds. The van der Waals surface area contributed by atoms with Crippen molar-refractivity contribution in [1.29, 1.82) is 0 Å². The maximum absolute atomic E-state index is 12.2. The molecule has 8 nitrogen and oxygen atoms in total. The molecule has 0 saturated carbocycles. The number of carbonyl (C=O) groups excluding carboxylic acids is 2. The van der Waals surface area contributed by atoms with Crippen molar-refractivity contribution in [2.75, 3.05) is 31.1 Å². The lowest BCUT2D eigenvalue weighted by Gasteiger charge is -2.24.